The number of hydrogen-bond donors (Lipinski definition) is 1. The van der Waals surface area contributed by atoms with Gasteiger partial charge >= 0.3 is 0 Å². The summed E-state index contributed by atoms with van der Waals surface area (Å²) in [5.41, 5.74) is 10.00. The standard InChI is InChI=1S/C16H20N2O/c17-15-8-4-7-13-14(15)11-18(16(13)19)10-9-12-5-2-1-3-6-12/h4-5,7-8H,1-3,6,9-11,17H2. The van der Waals surface area contributed by atoms with Crippen LogP contribution in [0.3, 0.4) is 0 Å². The molecule has 1 aliphatic carbocycles. The van der Waals surface area contributed by atoms with E-state index in [2.05, 4.69) is 6.08 Å². The Balaban J connectivity index is 1.67. The molecule has 3 rings (SSSR count). The van der Waals surface area contributed by atoms with E-state index in [9.17, 15) is 4.79 Å². The van der Waals surface area contributed by atoms with Gasteiger partial charge in [0, 0.05) is 29.9 Å². The molecule has 1 aromatic carbocycles. The number of carbonyl (C=O) groups is 1. The highest BCUT2D eigenvalue weighted by Gasteiger charge is 2.28. The Labute approximate surface area is 114 Å². The molecular formula is C16H20N2O. The summed E-state index contributed by atoms with van der Waals surface area (Å²) in [6.45, 7) is 1.49. The van der Waals surface area contributed by atoms with Crippen LogP contribution < -0.4 is 5.73 Å². The maximum Gasteiger partial charge on any atom is 0.254 e. The molecule has 0 atom stereocenters. The third-order valence-corrected chi connectivity index (χ3v) is 4.17. The molecule has 0 fully saturated rings. The number of amides is 1. The molecule has 3 nitrogen and oxygen atoms in total. The third kappa shape index (κ3) is 2.37. The minimum Gasteiger partial charge on any atom is -0.398 e. The molecule has 100 valence electrons. The monoisotopic (exact) mass is 256 g/mol. The van der Waals surface area contributed by atoms with E-state index in [1.54, 1.807) is 0 Å². The van der Waals surface area contributed by atoms with Gasteiger partial charge in [-0.05, 0) is 44.2 Å². The predicted octanol–water partition coefficient (Wildman–Crippen LogP) is 3.12. The molecule has 2 aliphatic rings. The highest BCUT2D eigenvalue weighted by Crippen LogP contribution is 2.28. The van der Waals surface area contributed by atoms with Gasteiger partial charge in [-0.15, -0.1) is 0 Å². The number of nitrogens with two attached hydrogens (primary N) is 1. The number of allylic oxidation sites excluding steroid dienone is 1. The number of rotatable bonds is 3. The van der Waals surface area contributed by atoms with Crippen molar-refractivity contribution in [1.82, 2.24) is 4.90 Å². The molecule has 0 saturated heterocycles. The van der Waals surface area contributed by atoms with Crippen LogP contribution in [0.5, 0.6) is 0 Å². The van der Waals surface area contributed by atoms with Gasteiger partial charge in [0.05, 0.1) is 0 Å². The van der Waals surface area contributed by atoms with Gasteiger partial charge in [0.15, 0.2) is 0 Å². The summed E-state index contributed by atoms with van der Waals surface area (Å²) in [5, 5.41) is 0. The zero-order chi connectivity index (χ0) is 13.2. The lowest BCUT2D eigenvalue weighted by Crippen LogP contribution is -2.25. The molecule has 0 unspecified atom stereocenters. The van der Waals surface area contributed by atoms with E-state index in [4.69, 9.17) is 5.73 Å². The van der Waals surface area contributed by atoms with E-state index in [-0.39, 0.29) is 5.91 Å². The van der Waals surface area contributed by atoms with Crippen molar-refractivity contribution < 1.29 is 4.79 Å². The summed E-state index contributed by atoms with van der Waals surface area (Å²) >= 11 is 0. The van der Waals surface area contributed by atoms with E-state index in [0.29, 0.717) is 6.54 Å². The second-order valence-corrected chi connectivity index (χ2v) is 5.46. The fourth-order valence-corrected chi connectivity index (χ4v) is 3.01. The van der Waals surface area contributed by atoms with Crippen LogP contribution >= 0.6 is 0 Å². The molecule has 0 saturated carbocycles. The zero-order valence-electron chi connectivity index (χ0n) is 11.2. The van der Waals surface area contributed by atoms with Gasteiger partial charge in [-0.25, -0.2) is 0 Å². The molecule has 1 aromatic rings. The van der Waals surface area contributed by atoms with E-state index >= 15 is 0 Å². The van der Waals surface area contributed by atoms with E-state index < -0.39 is 0 Å². The zero-order valence-corrected chi connectivity index (χ0v) is 11.2. The summed E-state index contributed by atoms with van der Waals surface area (Å²) in [7, 11) is 0. The Bertz CT molecular complexity index is 534. The van der Waals surface area contributed by atoms with Crippen molar-refractivity contribution in [3.8, 4) is 0 Å². The first-order valence-electron chi connectivity index (χ1n) is 7.10. The van der Waals surface area contributed by atoms with Gasteiger partial charge in [0.2, 0.25) is 0 Å². The van der Waals surface area contributed by atoms with Crippen LogP contribution in [0.4, 0.5) is 5.69 Å². The van der Waals surface area contributed by atoms with E-state index in [1.165, 1.54) is 31.3 Å². The maximum atomic E-state index is 12.3. The first-order chi connectivity index (χ1) is 9.25. The fourth-order valence-electron chi connectivity index (χ4n) is 3.01. The van der Waals surface area contributed by atoms with Gasteiger partial charge in [-0.2, -0.15) is 0 Å². The average molecular weight is 256 g/mol. The lowest BCUT2D eigenvalue weighted by Gasteiger charge is -2.18. The first-order valence-corrected chi connectivity index (χ1v) is 7.10. The van der Waals surface area contributed by atoms with Gasteiger partial charge in [-0.3, -0.25) is 4.79 Å². The van der Waals surface area contributed by atoms with Crippen molar-refractivity contribution in [3.05, 3.63) is 41.0 Å². The van der Waals surface area contributed by atoms with Crippen LogP contribution in [0.2, 0.25) is 0 Å². The largest absolute Gasteiger partial charge is 0.398 e. The summed E-state index contributed by atoms with van der Waals surface area (Å²) in [4.78, 5) is 14.2. The van der Waals surface area contributed by atoms with Crippen molar-refractivity contribution in [2.24, 2.45) is 0 Å². The second kappa shape index (κ2) is 5.08. The minimum atomic E-state index is 0.138. The number of hydrogen-bond acceptors (Lipinski definition) is 2. The van der Waals surface area contributed by atoms with Crippen LogP contribution in [-0.4, -0.2) is 17.4 Å². The summed E-state index contributed by atoms with van der Waals surface area (Å²) < 4.78 is 0. The predicted molar refractivity (Wildman–Crippen MR) is 76.8 cm³/mol. The molecule has 1 aliphatic heterocycles. The average Bonchev–Trinajstić information content (AvgIpc) is 2.77. The maximum absolute atomic E-state index is 12.3. The highest BCUT2D eigenvalue weighted by atomic mass is 16.2. The molecular weight excluding hydrogens is 236 g/mol. The Morgan fingerprint density at radius 3 is 2.89 bits per heavy atom. The Hall–Kier alpha value is -1.77. The Morgan fingerprint density at radius 1 is 1.26 bits per heavy atom. The lowest BCUT2D eigenvalue weighted by molar-refractivity contribution is 0.0780. The second-order valence-electron chi connectivity index (χ2n) is 5.46. The Morgan fingerprint density at radius 2 is 2.16 bits per heavy atom. The first kappa shape index (κ1) is 12.3. The smallest absolute Gasteiger partial charge is 0.254 e. The van der Waals surface area contributed by atoms with Crippen LogP contribution in [0.25, 0.3) is 0 Å². The van der Waals surface area contributed by atoms with Crippen molar-refractivity contribution in [2.75, 3.05) is 12.3 Å². The number of nitrogens with zero attached hydrogens (tertiary/aromatic N) is 1. The molecule has 3 heteroatoms. The van der Waals surface area contributed by atoms with E-state index in [0.717, 1.165) is 29.8 Å². The molecule has 0 spiro atoms. The molecule has 19 heavy (non-hydrogen) atoms. The molecule has 0 bridgehead atoms. The lowest BCUT2D eigenvalue weighted by atomic mass is 9.97. The van der Waals surface area contributed by atoms with Gasteiger partial charge in [0.25, 0.3) is 5.91 Å². The topological polar surface area (TPSA) is 46.3 Å². The molecule has 1 amide bonds. The number of nitrogen functional groups attached to an aromatic ring is 1. The number of anilines is 1. The van der Waals surface area contributed by atoms with Gasteiger partial charge < -0.3 is 10.6 Å². The fraction of sp³-hybridized carbons (Fsp3) is 0.438. The quantitative estimate of drug-likeness (QED) is 0.667. The molecule has 0 aromatic heterocycles. The number of carbonyl (C=O) groups excluding carboxylic acids is 1. The normalized spacial score (nSPS) is 18.4. The van der Waals surface area contributed by atoms with Crippen LogP contribution in [-0.2, 0) is 6.54 Å². The molecule has 1 heterocycles. The SMILES string of the molecule is Nc1cccc2c1CN(CCC1=CCCCC1)C2=O. The Kier molecular flexibility index (Phi) is 3.28. The number of benzene rings is 1. The van der Waals surface area contributed by atoms with Crippen LogP contribution in [0, 0.1) is 0 Å². The third-order valence-electron chi connectivity index (χ3n) is 4.17. The molecule has 2 N–H and O–H groups in total. The minimum absolute atomic E-state index is 0.138. The summed E-state index contributed by atoms with van der Waals surface area (Å²) in [5.74, 6) is 0.138. The summed E-state index contributed by atoms with van der Waals surface area (Å²) in [6, 6.07) is 5.62. The van der Waals surface area contributed by atoms with Crippen molar-refractivity contribution >= 4 is 11.6 Å². The number of fused-ring (bicyclic) bond motifs is 1. The molecule has 0 radical (unpaired) electrons. The van der Waals surface area contributed by atoms with Crippen molar-refractivity contribution in [3.63, 3.8) is 0 Å². The van der Waals surface area contributed by atoms with E-state index in [1.807, 2.05) is 23.1 Å². The van der Waals surface area contributed by atoms with Crippen molar-refractivity contribution in [2.45, 2.75) is 38.6 Å². The van der Waals surface area contributed by atoms with Crippen LogP contribution in [0.1, 0.15) is 48.0 Å². The van der Waals surface area contributed by atoms with Crippen LogP contribution in [0.15, 0.2) is 29.8 Å². The highest BCUT2D eigenvalue weighted by molar-refractivity contribution is 5.99. The van der Waals surface area contributed by atoms with Gasteiger partial charge in [0.1, 0.15) is 0 Å². The van der Waals surface area contributed by atoms with Gasteiger partial charge in [-0.1, -0.05) is 17.7 Å². The van der Waals surface area contributed by atoms with Crippen molar-refractivity contribution in [1.29, 1.82) is 0 Å². The summed E-state index contributed by atoms with van der Waals surface area (Å²) in [6.07, 6.45) is 8.39.